The third-order valence-corrected chi connectivity index (χ3v) is 5.20. The first kappa shape index (κ1) is 23.7. The molecule has 0 spiro atoms. The fourth-order valence-corrected chi connectivity index (χ4v) is 4.00. The third-order valence-electron chi connectivity index (χ3n) is 4.02. The van der Waals surface area contributed by atoms with Crippen LogP contribution in [0.4, 0.5) is 0 Å². The summed E-state index contributed by atoms with van der Waals surface area (Å²) in [5.74, 6) is 0.492. The van der Waals surface area contributed by atoms with E-state index in [4.69, 9.17) is 10.00 Å². The number of nitrogens with one attached hydrogen (secondary N) is 2. The molecular formula is C18H9Br2KN6O4. The zero-order chi connectivity index (χ0) is 21.4. The standard InChI is InChI=1S/C18H8Br2N6O4.K.H/c19-11-5-8(26-18(29)22-16(28)13(7-21)25-26)6-12(20)14(11)30-17-10-4-2-1-3-9(10)15(27)23-24-17;;/h1-6H,(H,23,27)(H,22,28,29);;. The molecule has 0 atom stereocenters. The van der Waals surface area contributed by atoms with Gasteiger partial charge in [0.2, 0.25) is 11.6 Å². The van der Waals surface area contributed by atoms with Gasteiger partial charge >= 0.3 is 57.1 Å². The molecule has 2 aromatic heterocycles. The molecule has 2 N–H and O–H groups in total. The number of aromatic nitrogens is 5. The molecule has 2 heterocycles. The van der Waals surface area contributed by atoms with Crippen LogP contribution in [0, 0.1) is 11.3 Å². The summed E-state index contributed by atoms with van der Waals surface area (Å²) in [6.07, 6.45) is 0. The van der Waals surface area contributed by atoms with E-state index in [0.717, 1.165) is 4.68 Å². The average Bonchev–Trinajstić information content (AvgIpc) is 2.72. The van der Waals surface area contributed by atoms with Crippen LogP contribution in [0.5, 0.6) is 11.6 Å². The molecule has 0 amide bonds. The van der Waals surface area contributed by atoms with E-state index in [0.29, 0.717) is 25.5 Å². The van der Waals surface area contributed by atoms with Crippen LogP contribution in [0.15, 0.2) is 59.7 Å². The van der Waals surface area contributed by atoms with Crippen molar-refractivity contribution in [1.82, 2.24) is 25.0 Å². The first-order chi connectivity index (χ1) is 14.4. The summed E-state index contributed by atoms with van der Waals surface area (Å²) >= 11 is 6.74. The zero-order valence-electron chi connectivity index (χ0n) is 14.6. The van der Waals surface area contributed by atoms with Gasteiger partial charge in [0.05, 0.1) is 25.4 Å². The van der Waals surface area contributed by atoms with Crippen LogP contribution in [-0.2, 0) is 0 Å². The van der Waals surface area contributed by atoms with Crippen molar-refractivity contribution < 1.29 is 4.74 Å². The van der Waals surface area contributed by atoms with Crippen molar-refractivity contribution in [3.8, 4) is 23.4 Å². The predicted molar refractivity (Wildman–Crippen MR) is 120 cm³/mol. The van der Waals surface area contributed by atoms with Crippen LogP contribution in [0.2, 0.25) is 0 Å². The van der Waals surface area contributed by atoms with Crippen LogP contribution in [0.1, 0.15) is 5.69 Å². The summed E-state index contributed by atoms with van der Waals surface area (Å²) in [7, 11) is 0. The molecule has 4 rings (SSSR count). The van der Waals surface area contributed by atoms with Crippen LogP contribution in [0.3, 0.4) is 0 Å². The fraction of sp³-hybridized carbons (Fsp3) is 0. The molecule has 0 unspecified atom stereocenters. The van der Waals surface area contributed by atoms with Crippen molar-refractivity contribution in [3.05, 3.63) is 82.2 Å². The number of hydrogen-bond donors (Lipinski definition) is 2. The summed E-state index contributed by atoms with van der Waals surface area (Å²) in [5, 5.41) is 20.0. The maximum atomic E-state index is 12.1. The molecule has 2 aromatic carbocycles. The van der Waals surface area contributed by atoms with Crippen molar-refractivity contribution >= 4 is 94.0 Å². The molecule has 0 radical (unpaired) electrons. The van der Waals surface area contributed by atoms with Crippen molar-refractivity contribution in [3.63, 3.8) is 0 Å². The second kappa shape index (κ2) is 9.70. The Hall–Kier alpha value is -1.92. The molecule has 31 heavy (non-hydrogen) atoms. The van der Waals surface area contributed by atoms with Crippen molar-refractivity contribution in [2.75, 3.05) is 0 Å². The van der Waals surface area contributed by atoms with Gasteiger partial charge in [-0.2, -0.15) is 9.94 Å². The molecule has 150 valence electrons. The Morgan fingerprint density at radius 2 is 1.68 bits per heavy atom. The first-order valence-electron chi connectivity index (χ1n) is 8.17. The van der Waals surface area contributed by atoms with E-state index in [-0.39, 0.29) is 68.5 Å². The molecule has 10 nitrogen and oxygen atoms in total. The predicted octanol–water partition coefficient (Wildman–Crippen LogP) is 1.70. The number of aromatic amines is 2. The van der Waals surface area contributed by atoms with E-state index in [9.17, 15) is 14.4 Å². The topological polar surface area (TPSA) is 147 Å². The van der Waals surface area contributed by atoms with Gasteiger partial charge in [0.25, 0.3) is 11.1 Å². The molecule has 0 bridgehead atoms. The third kappa shape index (κ3) is 4.65. The molecule has 0 aliphatic carbocycles. The van der Waals surface area contributed by atoms with Gasteiger partial charge in [-0.25, -0.2) is 9.89 Å². The summed E-state index contributed by atoms with van der Waals surface area (Å²) in [6.45, 7) is 0. The van der Waals surface area contributed by atoms with Gasteiger partial charge < -0.3 is 4.74 Å². The van der Waals surface area contributed by atoms with Gasteiger partial charge in [0.1, 0.15) is 6.07 Å². The van der Waals surface area contributed by atoms with Gasteiger partial charge in [-0.1, -0.05) is 12.1 Å². The van der Waals surface area contributed by atoms with Gasteiger partial charge in [-0.05, 0) is 56.1 Å². The maximum absolute atomic E-state index is 12.1. The number of rotatable bonds is 3. The van der Waals surface area contributed by atoms with Crippen molar-refractivity contribution in [1.29, 1.82) is 5.26 Å². The Balaban J connectivity index is 0.00000272. The number of ether oxygens (including phenoxy) is 1. The molecule has 13 heteroatoms. The number of nitrogens with zero attached hydrogens (tertiary/aromatic N) is 4. The Morgan fingerprint density at radius 1 is 1.03 bits per heavy atom. The van der Waals surface area contributed by atoms with Crippen LogP contribution in [0.25, 0.3) is 16.5 Å². The van der Waals surface area contributed by atoms with Gasteiger partial charge in [-0.3, -0.25) is 14.6 Å². The van der Waals surface area contributed by atoms with Crippen LogP contribution in [-0.4, -0.2) is 76.3 Å². The van der Waals surface area contributed by atoms with E-state index in [1.807, 2.05) is 4.98 Å². The van der Waals surface area contributed by atoms with Gasteiger partial charge in [0, 0.05) is 0 Å². The number of fused-ring (bicyclic) bond motifs is 1. The minimum atomic E-state index is -0.868. The summed E-state index contributed by atoms with van der Waals surface area (Å²) in [4.78, 5) is 37.7. The van der Waals surface area contributed by atoms with Crippen molar-refractivity contribution in [2.45, 2.75) is 0 Å². The minimum absolute atomic E-state index is 0. The number of halogens is 2. The second-order valence-corrected chi connectivity index (χ2v) is 7.58. The Labute approximate surface area is 231 Å². The number of H-pyrrole nitrogens is 2. The molecule has 0 saturated carbocycles. The number of benzene rings is 2. The zero-order valence-corrected chi connectivity index (χ0v) is 17.8. The quantitative estimate of drug-likeness (QED) is 0.356. The first-order valence-corrected chi connectivity index (χ1v) is 9.76. The molecule has 0 aliphatic rings. The monoisotopic (exact) mass is 570 g/mol. The van der Waals surface area contributed by atoms with Gasteiger partial charge in [0.15, 0.2) is 5.75 Å². The van der Waals surface area contributed by atoms with E-state index in [2.05, 4.69) is 47.2 Å². The van der Waals surface area contributed by atoms with Crippen LogP contribution >= 0.6 is 31.9 Å². The summed E-state index contributed by atoms with van der Waals surface area (Å²) < 4.78 is 7.62. The summed E-state index contributed by atoms with van der Waals surface area (Å²) in [6, 6.07) is 11.5. The van der Waals surface area contributed by atoms with E-state index < -0.39 is 16.9 Å². The Morgan fingerprint density at radius 3 is 2.32 bits per heavy atom. The van der Waals surface area contributed by atoms with Crippen LogP contribution < -0.4 is 21.5 Å². The molecule has 4 aromatic rings. The molecule has 0 fully saturated rings. The fourth-order valence-electron chi connectivity index (χ4n) is 2.68. The number of nitriles is 1. The molecule has 0 aliphatic heterocycles. The van der Waals surface area contributed by atoms with Crippen molar-refractivity contribution in [2.24, 2.45) is 0 Å². The Bertz CT molecular complexity index is 1520. The summed E-state index contributed by atoms with van der Waals surface area (Å²) in [5.41, 5.74) is -2.21. The Kier molecular flexibility index (Phi) is 7.42. The number of hydrogen-bond acceptors (Lipinski definition) is 7. The van der Waals surface area contributed by atoms with E-state index >= 15 is 0 Å². The van der Waals surface area contributed by atoms with E-state index in [1.54, 1.807) is 30.3 Å². The van der Waals surface area contributed by atoms with Gasteiger partial charge in [-0.15, -0.1) is 10.2 Å². The molecular weight excluding hydrogens is 563 g/mol. The average molecular weight is 572 g/mol. The second-order valence-electron chi connectivity index (χ2n) is 5.88. The van der Waals surface area contributed by atoms with E-state index in [1.165, 1.54) is 12.1 Å². The molecule has 0 saturated heterocycles. The normalized spacial score (nSPS) is 10.4. The SMILES string of the molecule is N#Cc1nn(-c2cc(Br)c(Oc3n[nH]c(=O)c4ccccc34)c(Br)c2)c(=O)[nH]c1=O.[KH].